The fraction of sp³-hybridized carbons (Fsp3) is 0.400. The van der Waals surface area contributed by atoms with Gasteiger partial charge in [-0.1, -0.05) is 54.6 Å². The van der Waals surface area contributed by atoms with Crippen LogP contribution in [0.2, 0.25) is 0 Å². The summed E-state index contributed by atoms with van der Waals surface area (Å²) in [5.74, 6) is 0.965. The van der Waals surface area contributed by atoms with Crippen molar-refractivity contribution in [2.24, 2.45) is 0 Å². The fourth-order valence-corrected chi connectivity index (χ4v) is 3.67. The summed E-state index contributed by atoms with van der Waals surface area (Å²) < 4.78 is 5.18. The van der Waals surface area contributed by atoms with Gasteiger partial charge in [-0.2, -0.15) is 0 Å². The third kappa shape index (κ3) is 6.71. The maximum atomic E-state index is 12.5. The number of rotatable bonds is 9. The smallest absolute Gasteiger partial charge is 0.237 e. The molecule has 0 bridgehead atoms. The predicted molar refractivity (Wildman–Crippen MR) is 123 cm³/mol. The van der Waals surface area contributed by atoms with Crippen LogP contribution in [0.4, 0.5) is 0 Å². The van der Waals surface area contributed by atoms with Crippen molar-refractivity contribution >= 4 is 12.0 Å². The highest BCUT2D eigenvalue weighted by Gasteiger charge is 2.24. The second-order valence-corrected chi connectivity index (χ2v) is 7.71. The summed E-state index contributed by atoms with van der Waals surface area (Å²) in [4.78, 5) is 17.3. The zero-order chi connectivity index (χ0) is 21.2. The summed E-state index contributed by atoms with van der Waals surface area (Å²) in [6.45, 7) is 7.43. The maximum Gasteiger partial charge on any atom is 0.237 e. The van der Waals surface area contributed by atoms with E-state index in [4.69, 9.17) is 4.74 Å². The highest BCUT2D eigenvalue weighted by molar-refractivity contribution is 5.81. The van der Waals surface area contributed by atoms with Crippen molar-refractivity contribution in [1.29, 1.82) is 0 Å². The molecule has 1 aliphatic rings. The molecule has 30 heavy (non-hydrogen) atoms. The van der Waals surface area contributed by atoms with Crippen LogP contribution in [0.3, 0.4) is 0 Å². The van der Waals surface area contributed by atoms with E-state index in [0.717, 1.165) is 44.9 Å². The highest BCUT2D eigenvalue weighted by atomic mass is 16.5. The minimum Gasteiger partial charge on any atom is -0.497 e. The number of methoxy groups -OCH3 is 1. The molecule has 160 valence electrons. The lowest BCUT2D eigenvalue weighted by Crippen LogP contribution is -2.54. The number of carbonyl (C=O) groups excluding carboxylic acids is 1. The molecule has 0 radical (unpaired) electrons. The van der Waals surface area contributed by atoms with E-state index in [1.165, 1.54) is 11.1 Å². The molecular weight excluding hydrogens is 374 g/mol. The molecule has 1 atom stereocenters. The van der Waals surface area contributed by atoms with Crippen molar-refractivity contribution in [3.05, 3.63) is 71.8 Å². The van der Waals surface area contributed by atoms with Crippen molar-refractivity contribution < 1.29 is 9.53 Å². The van der Waals surface area contributed by atoms with Gasteiger partial charge in [-0.25, -0.2) is 0 Å². The van der Waals surface area contributed by atoms with Crippen LogP contribution in [-0.2, 0) is 11.2 Å². The number of hydrogen-bond donors (Lipinski definition) is 1. The van der Waals surface area contributed by atoms with Crippen LogP contribution in [0.15, 0.2) is 60.7 Å². The second kappa shape index (κ2) is 11.5. The van der Waals surface area contributed by atoms with Crippen LogP contribution in [0.1, 0.15) is 18.1 Å². The second-order valence-electron chi connectivity index (χ2n) is 7.71. The van der Waals surface area contributed by atoms with Crippen LogP contribution in [0, 0.1) is 0 Å². The van der Waals surface area contributed by atoms with Gasteiger partial charge in [0.15, 0.2) is 0 Å². The minimum atomic E-state index is -0.0946. The molecule has 5 heteroatoms. The van der Waals surface area contributed by atoms with Crippen molar-refractivity contribution in [2.45, 2.75) is 19.4 Å². The van der Waals surface area contributed by atoms with Gasteiger partial charge in [-0.05, 0) is 36.6 Å². The summed E-state index contributed by atoms with van der Waals surface area (Å²) in [5, 5.41) is 3.08. The average molecular weight is 408 g/mol. The summed E-state index contributed by atoms with van der Waals surface area (Å²) in [6, 6.07) is 18.3. The molecule has 2 aromatic carbocycles. The maximum absolute atomic E-state index is 12.5. The zero-order valence-electron chi connectivity index (χ0n) is 18.1. The van der Waals surface area contributed by atoms with Crippen molar-refractivity contribution in [1.82, 2.24) is 15.1 Å². The SMILES string of the molecule is COc1ccc(CCNC(=O)[C@@H](C)N2CCN(C/C=C/c3ccccc3)CC2)cc1. The third-order valence-corrected chi connectivity index (χ3v) is 5.68. The Morgan fingerprint density at radius 3 is 2.43 bits per heavy atom. The standard InChI is InChI=1S/C25H33N3O2/c1-21(25(29)26-15-14-23-10-12-24(30-2)13-11-23)28-19-17-27(18-20-28)16-6-9-22-7-4-3-5-8-22/h3-13,21H,14-20H2,1-2H3,(H,26,29)/b9-6+/t21-/m1/s1. The lowest BCUT2D eigenvalue weighted by molar-refractivity contribution is -0.126. The molecule has 1 fully saturated rings. The van der Waals surface area contributed by atoms with Gasteiger partial charge in [-0.15, -0.1) is 0 Å². The van der Waals surface area contributed by atoms with E-state index in [1.54, 1.807) is 7.11 Å². The number of piperazine rings is 1. The molecule has 0 unspecified atom stereocenters. The molecule has 1 N–H and O–H groups in total. The first-order valence-electron chi connectivity index (χ1n) is 10.7. The number of amides is 1. The molecule has 0 saturated carbocycles. The van der Waals surface area contributed by atoms with E-state index in [9.17, 15) is 4.79 Å². The Morgan fingerprint density at radius 2 is 1.77 bits per heavy atom. The molecule has 1 saturated heterocycles. The molecule has 3 rings (SSSR count). The van der Waals surface area contributed by atoms with Crippen LogP contribution in [0.5, 0.6) is 5.75 Å². The van der Waals surface area contributed by atoms with E-state index in [2.05, 4.69) is 51.5 Å². The van der Waals surface area contributed by atoms with Gasteiger partial charge in [-0.3, -0.25) is 14.6 Å². The number of carbonyl (C=O) groups is 1. The minimum absolute atomic E-state index is 0.0946. The number of nitrogens with zero attached hydrogens (tertiary/aromatic N) is 2. The van der Waals surface area contributed by atoms with Crippen molar-refractivity contribution in [2.75, 3.05) is 46.4 Å². The zero-order valence-corrected chi connectivity index (χ0v) is 18.1. The fourth-order valence-electron chi connectivity index (χ4n) is 3.67. The van der Waals surface area contributed by atoms with Crippen LogP contribution < -0.4 is 10.1 Å². The molecule has 1 amide bonds. The summed E-state index contributed by atoms with van der Waals surface area (Å²) in [5.41, 5.74) is 2.43. The molecule has 1 aliphatic heterocycles. The van der Waals surface area contributed by atoms with Crippen molar-refractivity contribution in [3.8, 4) is 5.75 Å². The Kier molecular flexibility index (Phi) is 8.48. The highest BCUT2D eigenvalue weighted by Crippen LogP contribution is 2.12. The quantitative estimate of drug-likeness (QED) is 0.694. The van der Waals surface area contributed by atoms with Gasteiger partial charge >= 0.3 is 0 Å². The number of benzene rings is 2. The summed E-state index contributed by atoms with van der Waals surface area (Å²) in [6.07, 6.45) is 5.22. The van der Waals surface area contributed by atoms with E-state index in [1.807, 2.05) is 37.3 Å². The first kappa shape index (κ1) is 22.1. The number of ether oxygens (including phenoxy) is 1. The topological polar surface area (TPSA) is 44.8 Å². The van der Waals surface area contributed by atoms with E-state index in [0.29, 0.717) is 6.54 Å². The first-order chi connectivity index (χ1) is 14.7. The molecule has 1 heterocycles. The van der Waals surface area contributed by atoms with Gasteiger partial charge in [0.05, 0.1) is 13.2 Å². The van der Waals surface area contributed by atoms with Crippen LogP contribution >= 0.6 is 0 Å². The molecule has 0 aliphatic carbocycles. The van der Waals surface area contributed by atoms with Gasteiger partial charge in [0, 0.05) is 39.3 Å². The van der Waals surface area contributed by atoms with Crippen LogP contribution in [-0.4, -0.2) is 68.1 Å². The summed E-state index contributed by atoms with van der Waals surface area (Å²) >= 11 is 0. The van der Waals surface area contributed by atoms with Gasteiger partial charge < -0.3 is 10.1 Å². The number of nitrogens with one attached hydrogen (secondary N) is 1. The van der Waals surface area contributed by atoms with Gasteiger partial charge in [0.2, 0.25) is 5.91 Å². The normalized spacial score (nSPS) is 16.5. The Balaban J connectivity index is 1.35. The Morgan fingerprint density at radius 1 is 1.07 bits per heavy atom. The Hall–Kier alpha value is -2.63. The van der Waals surface area contributed by atoms with Crippen molar-refractivity contribution in [3.63, 3.8) is 0 Å². The summed E-state index contributed by atoms with van der Waals surface area (Å²) in [7, 11) is 1.66. The molecule has 2 aromatic rings. The van der Waals surface area contributed by atoms with E-state index in [-0.39, 0.29) is 11.9 Å². The molecule has 0 spiro atoms. The predicted octanol–water partition coefficient (Wildman–Crippen LogP) is 3.07. The molecular formula is C25H33N3O2. The van der Waals surface area contributed by atoms with Gasteiger partial charge in [0.25, 0.3) is 0 Å². The van der Waals surface area contributed by atoms with Gasteiger partial charge in [0.1, 0.15) is 5.75 Å². The third-order valence-electron chi connectivity index (χ3n) is 5.68. The van der Waals surface area contributed by atoms with Crippen LogP contribution in [0.25, 0.3) is 6.08 Å². The lowest BCUT2D eigenvalue weighted by atomic mass is 10.1. The van der Waals surface area contributed by atoms with E-state index < -0.39 is 0 Å². The molecule has 0 aromatic heterocycles. The number of hydrogen-bond acceptors (Lipinski definition) is 4. The van der Waals surface area contributed by atoms with E-state index >= 15 is 0 Å². The molecule has 5 nitrogen and oxygen atoms in total. The Bertz CT molecular complexity index is 797. The average Bonchev–Trinajstić information content (AvgIpc) is 2.80. The largest absolute Gasteiger partial charge is 0.497 e. The Labute approximate surface area is 180 Å². The first-order valence-corrected chi connectivity index (χ1v) is 10.7. The lowest BCUT2D eigenvalue weighted by Gasteiger charge is -2.37. The monoisotopic (exact) mass is 407 g/mol.